The maximum absolute atomic E-state index is 12.0. The van der Waals surface area contributed by atoms with Gasteiger partial charge in [-0.3, -0.25) is 29.8 Å². The molecule has 0 atom stereocenters. The lowest BCUT2D eigenvalue weighted by molar-refractivity contribution is -0.385. The quantitative estimate of drug-likeness (QED) is 0.460. The minimum atomic E-state index is -0.573. The number of hydrogen-bond acceptors (Lipinski definition) is 5. The number of benzene rings is 1. The van der Waals surface area contributed by atoms with E-state index < -0.39 is 22.6 Å². The predicted molar refractivity (Wildman–Crippen MR) is 66.5 cm³/mol. The Labute approximate surface area is 113 Å². The van der Waals surface area contributed by atoms with Gasteiger partial charge >= 0.3 is 0 Å². The third-order valence-corrected chi connectivity index (χ3v) is 2.83. The maximum atomic E-state index is 12.0. The molecule has 0 unspecified atom stereocenters. The lowest BCUT2D eigenvalue weighted by Gasteiger charge is -2.25. The molecule has 2 rings (SSSR count). The summed E-state index contributed by atoms with van der Waals surface area (Å²) in [5.74, 6) is -1.61. The SMILES string of the molecule is O=C1CN(C(=O)Cc2ccccc2[N+](=O)[O-])CC(=O)N1. The summed E-state index contributed by atoms with van der Waals surface area (Å²) in [6, 6.07) is 5.87. The predicted octanol–water partition coefficient (Wildman–Crippen LogP) is -0.378. The van der Waals surface area contributed by atoms with Crippen molar-refractivity contribution in [1.82, 2.24) is 10.2 Å². The van der Waals surface area contributed by atoms with E-state index in [1.165, 1.54) is 18.2 Å². The van der Waals surface area contributed by atoms with Crippen LogP contribution in [0.2, 0.25) is 0 Å². The standard InChI is InChI=1S/C12H11N3O5/c16-10-6-14(7-11(17)13-10)12(18)5-8-3-1-2-4-9(8)15(19)20/h1-4H,5-7H2,(H,13,16,17). The van der Waals surface area contributed by atoms with Gasteiger partial charge in [0.05, 0.1) is 11.3 Å². The highest BCUT2D eigenvalue weighted by Gasteiger charge is 2.27. The number of hydrogen-bond donors (Lipinski definition) is 1. The summed E-state index contributed by atoms with van der Waals surface area (Å²) >= 11 is 0. The molecule has 0 spiro atoms. The second-order valence-corrected chi connectivity index (χ2v) is 4.28. The van der Waals surface area contributed by atoms with Gasteiger partial charge in [0.1, 0.15) is 13.1 Å². The number of carbonyl (C=O) groups is 3. The van der Waals surface area contributed by atoms with Crippen molar-refractivity contribution >= 4 is 23.4 Å². The summed E-state index contributed by atoms with van der Waals surface area (Å²) < 4.78 is 0. The molecule has 1 heterocycles. The van der Waals surface area contributed by atoms with E-state index in [1.807, 2.05) is 0 Å². The lowest BCUT2D eigenvalue weighted by Crippen LogP contribution is -2.53. The first-order valence-corrected chi connectivity index (χ1v) is 5.80. The Bertz CT molecular complexity index is 583. The van der Waals surface area contributed by atoms with E-state index >= 15 is 0 Å². The average Bonchev–Trinajstić information content (AvgIpc) is 2.37. The van der Waals surface area contributed by atoms with E-state index in [0.29, 0.717) is 0 Å². The van der Waals surface area contributed by atoms with Gasteiger partial charge in [-0.25, -0.2) is 0 Å². The minimum Gasteiger partial charge on any atom is -0.324 e. The van der Waals surface area contributed by atoms with Crippen molar-refractivity contribution in [2.24, 2.45) is 0 Å². The zero-order chi connectivity index (χ0) is 14.7. The molecule has 0 aliphatic carbocycles. The Hall–Kier alpha value is -2.77. The highest BCUT2D eigenvalue weighted by Crippen LogP contribution is 2.18. The summed E-state index contributed by atoms with van der Waals surface area (Å²) in [5.41, 5.74) is 0.0922. The first-order chi connectivity index (χ1) is 9.47. The largest absolute Gasteiger partial charge is 0.324 e. The molecule has 8 heteroatoms. The molecule has 1 N–H and O–H groups in total. The van der Waals surface area contributed by atoms with Gasteiger partial charge in [-0.05, 0) is 0 Å². The van der Waals surface area contributed by atoms with Gasteiger partial charge in [0.25, 0.3) is 5.69 Å². The van der Waals surface area contributed by atoms with E-state index in [4.69, 9.17) is 0 Å². The summed E-state index contributed by atoms with van der Waals surface area (Å²) in [5, 5.41) is 12.9. The van der Waals surface area contributed by atoms with Crippen LogP contribution in [0.3, 0.4) is 0 Å². The highest BCUT2D eigenvalue weighted by atomic mass is 16.6. The molecule has 1 aliphatic heterocycles. The number of imide groups is 1. The fraction of sp³-hybridized carbons (Fsp3) is 0.250. The van der Waals surface area contributed by atoms with E-state index in [9.17, 15) is 24.5 Å². The molecule has 1 aliphatic rings. The first-order valence-electron chi connectivity index (χ1n) is 5.80. The smallest absolute Gasteiger partial charge is 0.273 e. The lowest BCUT2D eigenvalue weighted by atomic mass is 10.1. The van der Waals surface area contributed by atoms with Crippen molar-refractivity contribution in [3.63, 3.8) is 0 Å². The average molecular weight is 277 g/mol. The molecule has 0 radical (unpaired) electrons. The molecule has 1 saturated heterocycles. The normalized spacial score (nSPS) is 14.9. The highest BCUT2D eigenvalue weighted by molar-refractivity contribution is 6.02. The van der Waals surface area contributed by atoms with E-state index in [0.717, 1.165) is 4.90 Å². The van der Waals surface area contributed by atoms with Gasteiger partial charge in [-0.1, -0.05) is 18.2 Å². The number of nitro benzene ring substituents is 1. The van der Waals surface area contributed by atoms with Gasteiger partial charge < -0.3 is 4.90 Å². The zero-order valence-corrected chi connectivity index (χ0v) is 10.4. The van der Waals surface area contributed by atoms with E-state index in [1.54, 1.807) is 6.07 Å². The van der Waals surface area contributed by atoms with Crippen LogP contribution in [-0.4, -0.2) is 40.6 Å². The molecule has 8 nitrogen and oxygen atoms in total. The summed E-state index contributed by atoms with van der Waals surface area (Å²) in [7, 11) is 0. The second-order valence-electron chi connectivity index (χ2n) is 4.28. The summed E-state index contributed by atoms with van der Waals surface area (Å²) in [6.45, 7) is -0.434. The zero-order valence-electron chi connectivity index (χ0n) is 10.4. The van der Waals surface area contributed by atoms with Gasteiger partial charge in [-0.2, -0.15) is 0 Å². The van der Waals surface area contributed by atoms with Crippen molar-refractivity contribution in [2.45, 2.75) is 6.42 Å². The molecule has 0 bridgehead atoms. The van der Waals surface area contributed by atoms with Crippen LogP contribution in [-0.2, 0) is 20.8 Å². The van der Waals surface area contributed by atoms with Crippen molar-refractivity contribution in [3.05, 3.63) is 39.9 Å². The van der Waals surface area contributed by atoms with Gasteiger partial charge in [0, 0.05) is 11.6 Å². The maximum Gasteiger partial charge on any atom is 0.273 e. The van der Waals surface area contributed by atoms with Crippen LogP contribution in [0.15, 0.2) is 24.3 Å². The molecular formula is C12H11N3O5. The number of nitro groups is 1. The van der Waals surface area contributed by atoms with Gasteiger partial charge in [-0.15, -0.1) is 0 Å². The number of piperazine rings is 1. The minimum absolute atomic E-state index is 0.159. The number of para-hydroxylation sites is 1. The van der Waals surface area contributed by atoms with Crippen LogP contribution in [0.5, 0.6) is 0 Å². The van der Waals surface area contributed by atoms with Crippen molar-refractivity contribution in [3.8, 4) is 0 Å². The van der Waals surface area contributed by atoms with Crippen molar-refractivity contribution in [2.75, 3.05) is 13.1 Å². The molecule has 1 fully saturated rings. The Balaban J connectivity index is 2.14. The van der Waals surface area contributed by atoms with Gasteiger partial charge in [0.2, 0.25) is 17.7 Å². The molecular weight excluding hydrogens is 266 g/mol. The topological polar surface area (TPSA) is 110 Å². The van der Waals surface area contributed by atoms with Crippen LogP contribution in [0.4, 0.5) is 5.69 Å². The van der Waals surface area contributed by atoms with E-state index in [2.05, 4.69) is 5.32 Å². The number of rotatable bonds is 3. The third kappa shape index (κ3) is 2.97. The van der Waals surface area contributed by atoms with Crippen LogP contribution < -0.4 is 5.32 Å². The molecule has 3 amide bonds. The third-order valence-electron chi connectivity index (χ3n) is 2.83. The number of amides is 3. The molecule has 0 saturated carbocycles. The molecule has 20 heavy (non-hydrogen) atoms. The van der Waals surface area contributed by atoms with Crippen LogP contribution in [0, 0.1) is 10.1 Å². The first kappa shape index (κ1) is 13.7. The fourth-order valence-electron chi connectivity index (χ4n) is 1.93. The molecule has 0 aromatic heterocycles. The number of nitrogens with zero attached hydrogens (tertiary/aromatic N) is 2. The van der Waals surface area contributed by atoms with Crippen LogP contribution in [0.1, 0.15) is 5.56 Å². The second kappa shape index (κ2) is 5.47. The Morgan fingerprint density at radius 1 is 1.25 bits per heavy atom. The van der Waals surface area contributed by atoms with Crippen molar-refractivity contribution < 1.29 is 19.3 Å². The van der Waals surface area contributed by atoms with Gasteiger partial charge in [0.15, 0.2) is 0 Å². The Morgan fingerprint density at radius 3 is 2.45 bits per heavy atom. The molecule has 1 aromatic carbocycles. The Kier molecular flexibility index (Phi) is 3.74. The summed E-state index contributed by atoms with van der Waals surface area (Å²) in [4.78, 5) is 45.7. The molecule has 1 aromatic rings. The van der Waals surface area contributed by atoms with E-state index in [-0.39, 0.29) is 30.8 Å². The number of carbonyl (C=O) groups excluding carboxylic acids is 3. The molecule has 104 valence electrons. The number of nitrogens with one attached hydrogen (secondary N) is 1. The fourth-order valence-corrected chi connectivity index (χ4v) is 1.93. The van der Waals surface area contributed by atoms with Crippen molar-refractivity contribution in [1.29, 1.82) is 0 Å². The van der Waals surface area contributed by atoms with Crippen LogP contribution in [0.25, 0.3) is 0 Å². The van der Waals surface area contributed by atoms with Crippen LogP contribution >= 0.6 is 0 Å². The Morgan fingerprint density at radius 2 is 1.85 bits per heavy atom. The summed E-state index contributed by atoms with van der Waals surface area (Å²) in [6.07, 6.45) is -0.224. The monoisotopic (exact) mass is 277 g/mol.